The van der Waals surface area contributed by atoms with Crippen molar-refractivity contribution < 1.29 is 19.1 Å². The molecule has 1 heterocycles. The average molecular weight is 398 g/mol. The number of aromatic nitrogens is 2. The third kappa shape index (κ3) is 4.63. The molecule has 0 unspecified atom stereocenters. The molecule has 0 radical (unpaired) electrons. The van der Waals surface area contributed by atoms with E-state index in [0.29, 0.717) is 15.7 Å². The van der Waals surface area contributed by atoms with Gasteiger partial charge in [-0.05, 0) is 36.4 Å². The first-order valence-corrected chi connectivity index (χ1v) is 9.10. The van der Waals surface area contributed by atoms with Gasteiger partial charge in [0.2, 0.25) is 5.13 Å². The molecule has 2 N–H and O–H groups in total. The molecule has 3 rings (SSSR count). The van der Waals surface area contributed by atoms with E-state index in [4.69, 9.17) is 9.47 Å². The topological polar surface area (TPSA) is 102 Å². The first kappa shape index (κ1) is 19.3. The molecule has 9 heteroatoms. The number of carbonyl (C=O) groups is 2. The Hall–Kier alpha value is -3.46. The van der Waals surface area contributed by atoms with Gasteiger partial charge in [-0.15, -0.1) is 10.2 Å². The number of esters is 1. The second-order valence-electron chi connectivity index (χ2n) is 5.59. The van der Waals surface area contributed by atoms with Crippen LogP contribution in [0.1, 0.15) is 21.4 Å². The minimum atomic E-state index is -1.05. The van der Waals surface area contributed by atoms with Crippen LogP contribution in [-0.4, -0.2) is 36.3 Å². The lowest BCUT2D eigenvalue weighted by molar-refractivity contribution is -0.143. The Morgan fingerprint density at radius 1 is 1.00 bits per heavy atom. The van der Waals surface area contributed by atoms with E-state index in [0.717, 1.165) is 22.8 Å². The highest BCUT2D eigenvalue weighted by Crippen LogP contribution is 2.26. The molecule has 8 nitrogen and oxygen atoms in total. The molecule has 1 amide bonds. The van der Waals surface area contributed by atoms with Crippen molar-refractivity contribution in [3.05, 3.63) is 65.2 Å². The second-order valence-corrected chi connectivity index (χ2v) is 6.60. The number of carbonyl (C=O) groups excluding carboxylic acids is 2. The zero-order chi connectivity index (χ0) is 19.9. The van der Waals surface area contributed by atoms with Gasteiger partial charge in [0.05, 0.1) is 14.2 Å². The highest BCUT2D eigenvalue weighted by molar-refractivity contribution is 7.15. The molecule has 1 aromatic heterocycles. The molecule has 0 bridgehead atoms. The normalized spacial score (nSPS) is 11.4. The lowest BCUT2D eigenvalue weighted by atomic mass is 10.2. The van der Waals surface area contributed by atoms with Crippen LogP contribution < -0.4 is 15.4 Å². The van der Waals surface area contributed by atoms with Crippen LogP contribution in [0, 0.1) is 0 Å². The highest BCUT2D eigenvalue weighted by Gasteiger charge is 2.28. The number of nitrogens with zero attached hydrogens (tertiary/aromatic N) is 2. The summed E-state index contributed by atoms with van der Waals surface area (Å²) in [4.78, 5) is 24.6. The summed E-state index contributed by atoms with van der Waals surface area (Å²) >= 11 is 1.15. The molecule has 0 saturated heterocycles. The predicted octanol–water partition coefficient (Wildman–Crippen LogP) is 2.93. The third-order valence-electron chi connectivity index (χ3n) is 3.78. The van der Waals surface area contributed by atoms with Gasteiger partial charge in [-0.25, -0.2) is 4.79 Å². The Kier molecular flexibility index (Phi) is 6.18. The van der Waals surface area contributed by atoms with Gasteiger partial charge in [0, 0.05) is 11.3 Å². The maximum Gasteiger partial charge on any atom is 0.335 e. The molecule has 28 heavy (non-hydrogen) atoms. The Balaban J connectivity index is 1.75. The Morgan fingerprint density at radius 2 is 1.71 bits per heavy atom. The van der Waals surface area contributed by atoms with E-state index in [1.54, 1.807) is 37.4 Å². The largest absolute Gasteiger partial charge is 0.497 e. The molecule has 0 fully saturated rings. The summed E-state index contributed by atoms with van der Waals surface area (Å²) in [5, 5.41) is 14.6. The minimum Gasteiger partial charge on any atom is -0.497 e. The van der Waals surface area contributed by atoms with E-state index >= 15 is 0 Å². The number of anilines is 2. The third-order valence-corrected chi connectivity index (χ3v) is 4.68. The first-order chi connectivity index (χ1) is 13.6. The molecule has 0 aliphatic rings. The maximum absolute atomic E-state index is 12.4. The summed E-state index contributed by atoms with van der Waals surface area (Å²) in [7, 11) is 2.84. The van der Waals surface area contributed by atoms with Crippen LogP contribution in [-0.2, 0) is 9.53 Å². The van der Waals surface area contributed by atoms with Crippen LogP contribution in [0.25, 0.3) is 0 Å². The summed E-state index contributed by atoms with van der Waals surface area (Å²) in [5.74, 6) is -0.301. The van der Waals surface area contributed by atoms with Crippen molar-refractivity contribution in [3.8, 4) is 5.75 Å². The van der Waals surface area contributed by atoms with Crippen molar-refractivity contribution in [2.45, 2.75) is 6.04 Å². The fourth-order valence-electron chi connectivity index (χ4n) is 2.34. The summed E-state index contributed by atoms with van der Waals surface area (Å²) in [6.07, 6.45) is 0. The van der Waals surface area contributed by atoms with E-state index in [2.05, 4.69) is 20.8 Å². The quantitative estimate of drug-likeness (QED) is 0.590. The molecule has 1 atom stereocenters. The molecule has 0 aliphatic carbocycles. The summed E-state index contributed by atoms with van der Waals surface area (Å²) in [6.45, 7) is 0. The maximum atomic E-state index is 12.4. The van der Waals surface area contributed by atoms with Crippen LogP contribution in [0.5, 0.6) is 5.75 Å². The number of nitrogens with one attached hydrogen (secondary N) is 2. The minimum absolute atomic E-state index is 0.312. The van der Waals surface area contributed by atoms with Crippen molar-refractivity contribution >= 4 is 34.0 Å². The van der Waals surface area contributed by atoms with Gasteiger partial charge in [0.1, 0.15) is 5.75 Å². The van der Waals surface area contributed by atoms with E-state index in [1.807, 2.05) is 24.3 Å². The average Bonchev–Trinajstić information content (AvgIpc) is 3.20. The lowest BCUT2D eigenvalue weighted by Crippen LogP contribution is -2.34. The Labute approximate surface area is 165 Å². The smallest absolute Gasteiger partial charge is 0.335 e. The van der Waals surface area contributed by atoms with E-state index in [-0.39, 0.29) is 0 Å². The van der Waals surface area contributed by atoms with E-state index < -0.39 is 17.9 Å². The SMILES string of the molecule is COC(=O)[C@H](NC(=O)c1ccccc1)c1nnc(Nc2ccc(OC)cc2)s1. The van der Waals surface area contributed by atoms with Crippen LogP contribution in [0.3, 0.4) is 0 Å². The van der Waals surface area contributed by atoms with Crippen LogP contribution >= 0.6 is 11.3 Å². The van der Waals surface area contributed by atoms with E-state index in [9.17, 15) is 9.59 Å². The Bertz CT molecular complexity index is 944. The number of ether oxygens (including phenoxy) is 2. The van der Waals surface area contributed by atoms with Crippen molar-refractivity contribution in [3.63, 3.8) is 0 Å². The molecular weight excluding hydrogens is 380 g/mol. The van der Waals surface area contributed by atoms with Gasteiger partial charge in [-0.3, -0.25) is 4.79 Å². The van der Waals surface area contributed by atoms with Crippen LogP contribution in [0.4, 0.5) is 10.8 Å². The summed E-state index contributed by atoms with van der Waals surface area (Å²) < 4.78 is 9.93. The van der Waals surface area contributed by atoms with Crippen molar-refractivity contribution in [1.82, 2.24) is 15.5 Å². The number of methoxy groups -OCH3 is 2. The number of amides is 1. The van der Waals surface area contributed by atoms with Crippen LogP contribution in [0.15, 0.2) is 54.6 Å². The molecular formula is C19H18N4O4S. The number of benzene rings is 2. The molecule has 3 aromatic rings. The highest BCUT2D eigenvalue weighted by atomic mass is 32.1. The van der Waals surface area contributed by atoms with Gasteiger partial charge in [-0.2, -0.15) is 0 Å². The summed E-state index contributed by atoms with van der Waals surface area (Å²) in [6, 6.07) is 14.8. The van der Waals surface area contributed by atoms with Gasteiger partial charge in [0.15, 0.2) is 11.0 Å². The molecule has 144 valence electrons. The summed E-state index contributed by atoms with van der Waals surface area (Å²) in [5.41, 5.74) is 1.21. The molecule has 0 saturated carbocycles. The molecule has 2 aromatic carbocycles. The number of rotatable bonds is 7. The van der Waals surface area contributed by atoms with Crippen molar-refractivity contribution in [2.24, 2.45) is 0 Å². The zero-order valence-electron chi connectivity index (χ0n) is 15.2. The van der Waals surface area contributed by atoms with Gasteiger partial charge < -0.3 is 20.1 Å². The first-order valence-electron chi connectivity index (χ1n) is 8.29. The van der Waals surface area contributed by atoms with Crippen LogP contribution in [0.2, 0.25) is 0 Å². The number of hydrogen-bond acceptors (Lipinski definition) is 8. The second kappa shape index (κ2) is 8.96. The standard InChI is InChI=1S/C19H18N4O4S/c1-26-14-10-8-13(9-11-14)20-19-23-22-17(28-19)15(18(25)27-2)21-16(24)12-6-4-3-5-7-12/h3-11,15H,1-2H3,(H,20,23)(H,21,24)/t15-/m1/s1. The lowest BCUT2D eigenvalue weighted by Gasteiger charge is -2.13. The molecule has 0 aliphatic heterocycles. The van der Waals surface area contributed by atoms with Crippen molar-refractivity contribution in [1.29, 1.82) is 0 Å². The fraction of sp³-hybridized carbons (Fsp3) is 0.158. The fourth-order valence-corrected chi connectivity index (χ4v) is 3.15. The zero-order valence-corrected chi connectivity index (χ0v) is 16.0. The monoisotopic (exact) mass is 398 g/mol. The van der Waals surface area contributed by atoms with Gasteiger partial charge in [0.25, 0.3) is 5.91 Å². The molecule has 0 spiro atoms. The Morgan fingerprint density at radius 3 is 2.36 bits per heavy atom. The van der Waals surface area contributed by atoms with Gasteiger partial charge >= 0.3 is 5.97 Å². The number of hydrogen-bond donors (Lipinski definition) is 2. The van der Waals surface area contributed by atoms with Gasteiger partial charge in [-0.1, -0.05) is 29.5 Å². The predicted molar refractivity (Wildman–Crippen MR) is 105 cm³/mol. The van der Waals surface area contributed by atoms with Crippen molar-refractivity contribution in [2.75, 3.05) is 19.5 Å². The van der Waals surface area contributed by atoms with E-state index in [1.165, 1.54) is 7.11 Å².